The van der Waals surface area contributed by atoms with Crippen LogP contribution in [-0.2, 0) is 4.79 Å². The zero-order valence-corrected chi connectivity index (χ0v) is 10.9. The molecule has 2 heterocycles. The maximum absolute atomic E-state index is 11.9. The highest BCUT2D eigenvalue weighted by atomic mass is 16.2. The van der Waals surface area contributed by atoms with E-state index in [0.29, 0.717) is 12.0 Å². The molecule has 2 unspecified atom stereocenters. The first-order chi connectivity index (χ1) is 8.13. The molecule has 0 aromatic carbocycles. The van der Waals surface area contributed by atoms with Crippen LogP contribution in [0.25, 0.3) is 0 Å². The third-order valence-electron chi connectivity index (χ3n) is 4.05. The standard InChI is InChI=1S/C12H24N4O/c1-9(2)11(12(17)14-13)16-7-6-15-5-3-4-10(15)8-16/h9-11H,3-8,13H2,1-2H3,(H,14,17). The van der Waals surface area contributed by atoms with E-state index in [4.69, 9.17) is 5.84 Å². The average molecular weight is 240 g/mol. The molecular formula is C12H24N4O. The second-order valence-corrected chi connectivity index (χ2v) is 5.52. The number of piperazine rings is 1. The topological polar surface area (TPSA) is 61.6 Å². The summed E-state index contributed by atoms with van der Waals surface area (Å²) in [5.41, 5.74) is 2.31. The predicted octanol–water partition coefficient (Wildman–Crippen LogP) is -0.219. The number of rotatable bonds is 3. The molecule has 2 fully saturated rings. The highest BCUT2D eigenvalue weighted by molar-refractivity contribution is 5.81. The predicted molar refractivity (Wildman–Crippen MR) is 67.1 cm³/mol. The molecule has 0 spiro atoms. The summed E-state index contributed by atoms with van der Waals surface area (Å²) < 4.78 is 0. The fraction of sp³-hybridized carbons (Fsp3) is 0.917. The van der Waals surface area contributed by atoms with Gasteiger partial charge in [0.1, 0.15) is 0 Å². The van der Waals surface area contributed by atoms with Gasteiger partial charge in [0.25, 0.3) is 5.91 Å². The molecule has 2 aliphatic rings. The van der Waals surface area contributed by atoms with Crippen molar-refractivity contribution in [3.63, 3.8) is 0 Å². The molecule has 2 rings (SSSR count). The summed E-state index contributed by atoms with van der Waals surface area (Å²) in [5.74, 6) is 5.54. The van der Waals surface area contributed by atoms with Gasteiger partial charge in [-0.3, -0.25) is 20.0 Å². The Morgan fingerprint density at radius 3 is 2.76 bits per heavy atom. The van der Waals surface area contributed by atoms with Gasteiger partial charge >= 0.3 is 0 Å². The van der Waals surface area contributed by atoms with Crippen molar-refractivity contribution in [3.8, 4) is 0 Å². The summed E-state index contributed by atoms with van der Waals surface area (Å²) in [5, 5.41) is 0. The third-order valence-corrected chi connectivity index (χ3v) is 4.05. The normalized spacial score (nSPS) is 28.1. The fourth-order valence-electron chi connectivity index (χ4n) is 3.24. The molecule has 1 amide bonds. The number of carbonyl (C=O) groups excluding carboxylic acids is 1. The van der Waals surface area contributed by atoms with E-state index in [1.54, 1.807) is 0 Å². The van der Waals surface area contributed by atoms with E-state index in [1.165, 1.54) is 19.4 Å². The Kier molecular flexibility index (Phi) is 4.01. The van der Waals surface area contributed by atoms with Gasteiger partial charge in [-0.1, -0.05) is 13.8 Å². The Morgan fingerprint density at radius 1 is 1.35 bits per heavy atom. The summed E-state index contributed by atoms with van der Waals surface area (Å²) in [6.45, 7) is 8.48. The van der Waals surface area contributed by atoms with Crippen molar-refractivity contribution < 1.29 is 4.79 Å². The first-order valence-corrected chi connectivity index (χ1v) is 6.62. The molecule has 2 saturated heterocycles. The van der Waals surface area contributed by atoms with Crippen LogP contribution in [0.15, 0.2) is 0 Å². The lowest BCUT2D eigenvalue weighted by Crippen LogP contribution is -2.59. The number of hydrogen-bond donors (Lipinski definition) is 2. The molecule has 5 nitrogen and oxygen atoms in total. The van der Waals surface area contributed by atoms with Crippen LogP contribution < -0.4 is 11.3 Å². The molecule has 0 aromatic rings. The van der Waals surface area contributed by atoms with E-state index in [1.807, 2.05) is 0 Å². The van der Waals surface area contributed by atoms with Gasteiger partial charge < -0.3 is 0 Å². The van der Waals surface area contributed by atoms with E-state index in [-0.39, 0.29) is 11.9 Å². The Morgan fingerprint density at radius 2 is 2.12 bits per heavy atom. The number of amides is 1. The van der Waals surface area contributed by atoms with Gasteiger partial charge in [0.05, 0.1) is 6.04 Å². The van der Waals surface area contributed by atoms with E-state index in [9.17, 15) is 4.79 Å². The molecule has 0 saturated carbocycles. The van der Waals surface area contributed by atoms with Crippen LogP contribution in [0.4, 0.5) is 0 Å². The summed E-state index contributed by atoms with van der Waals surface area (Å²) >= 11 is 0. The van der Waals surface area contributed by atoms with E-state index in [2.05, 4.69) is 29.1 Å². The van der Waals surface area contributed by atoms with Crippen LogP contribution in [0, 0.1) is 5.92 Å². The number of nitrogens with one attached hydrogen (secondary N) is 1. The first-order valence-electron chi connectivity index (χ1n) is 6.62. The van der Waals surface area contributed by atoms with Gasteiger partial charge in [0.2, 0.25) is 0 Å². The van der Waals surface area contributed by atoms with Crippen LogP contribution in [0.2, 0.25) is 0 Å². The maximum Gasteiger partial charge on any atom is 0.251 e. The molecule has 0 aromatic heterocycles. The Labute approximate surface area is 103 Å². The highest BCUT2D eigenvalue weighted by Gasteiger charge is 2.36. The smallest absolute Gasteiger partial charge is 0.251 e. The molecule has 0 bridgehead atoms. The Bertz CT molecular complexity index is 282. The Hall–Kier alpha value is -0.650. The van der Waals surface area contributed by atoms with Crippen molar-refractivity contribution in [2.24, 2.45) is 11.8 Å². The molecule has 2 atom stereocenters. The second-order valence-electron chi connectivity index (χ2n) is 5.52. The molecule has 98 valence electrons. The number of nitrogens with zero attached hydrogens (tertiary/aromatic N) is 2. The number of hydrazine groups is 1. The largest absolute Gasteiger partial charge is 0.298 e. The van der Waals surface area contributed by atoms with E-state index < -0.39 is 0 Å². The molecular weight excluding hydrogens is 216 g/mol. The van der Waals surface area contributed by atoms with Crippen molar-refractivity contribution in [1.82, 2.24) is 15.2 Å². The molecule has 3 N–H and O–H groups in total. The highest BCUT2D eigenvalue weighted by Crippen LogP contribution is 2.24. The average Bonchev–Trinajstić information content (AvgIpc) is 2.75. The molecule has 0 radical (unpaired) electrons. The van der Waals surface area contributed by atoms with Crippen LogP contribution in [0.1, 0.15) is 26.7 Å². The van der Waals surface area contributed by atoms with Gasteiger partial charge in [-0.2, -0.15) is 0 Å². The van der Waals surface area contributed by atoms with Crippen molar-refractivity contribution in [2.45, 2.75) is 38.8 Å². The van der Waals surface area contributed by atoms with Crippen molar-refractivity contribution in [2.75, 3.05) is 26.2 Å². The van der Waals surface area contributed by atoms with Gasteiger partial charge in [-0.05, 0) is 25.3 Å². The molecule has 2 aliphatic heterocycles. The minimum absolute atomic E-state index is 0.0496. The van der Waals surface area contributed by atoms with Gasteiger partial charge in [-0.15, -0.1) is 0 Å². The Balaban J connectivity index is 2.02. The van der Waals surface area contributed by atoms with Crippen molar-refractivity contribution in [1.29, 1.82) is 0 Å². The molecule has 17 heavy (non-hydrogen) atoms. The lowest BCUT2D eigenvalue weighted by Gasteiger charge is -2.42. The second kappa shape index (κ2) is 5.33. The summed E-state index contributed by atoms with van der Waals surface area (Å²) in [6, 6.07) is 0.568. The summed E-state index contributed by atoms with van der Waals surface area (Å²) in [4.78, 5) is 16.7. The van der Waals surface area contributed by atoms with Crippen LogP contribution in [0.3, 0.4) is 0 Å². The van der Waals surface area contributed by atoms with Gasteiger partial charge in [-0.25, -0.2) is 5.84 Å². The zero-order chi connectivity index (χ0) is 12.4. The monoisotopic (exact) mass is 240 g/mol. The van der Waals surface area contributed by atoms with Crippen LogP contribution in [0.5, 0.6) is 0 Å². The third kappa shape index (κ3) is 2.61. The zero-order valence-electron chi connectivity index (χ0n) is 10.9. The summed E-state index contributed by atoms with van der Waals surface area (Å²) in [7, 11) is 0. The van der Waals surface area contributed by atoms with E-state index >= 15 is 0 Å². The lowest BCUT2D eigenvalue weighted by atomic mass is 9.99. The van der Waals surface area contributed by atoms with Crippen LogP contribution in [-0.4, -0.2) is 54.0 Å². The minimum Gasteiger partial charge on any atom is -0.298 e. The van der Waals surface area contributed by atoms with Crippen molar-refractivity contribution >= 4 is 5.91 Å². The number of fused-ring (bicyclic) bond motifs is 1. The quantitative estimate of drug-likeness (QED) is 0.407. The first kappa shape index (κ1) is 12.8. The fourth-order valence-corrected chi connectivity index (χ4v) is 3.24. The maximum atomic E-state index is 11.9. The van der Waals surface area contributed by atoms with Gasteiger partial charge in [0.15, 0.2) is 0 Å². The molecule has 0 aliphatic carbocycles. The van der Waals surface area contributed by atoms with Crippen LogP contribution >= 0.6 is 0 Å². The number of nitrogens with two attached hydrogens (primary N) is 1. The van der Waals surface area contributed by atoms with Crippen molar-refractivity contribution in [3.05, 3.63) is 0 Å². The number of carbonyl (C=O) groups is 1. The molecule has 5 heteroatoms. The van der Waals surface area contributed by atoms with E-state index in [0.717, 1.165) is 19.6 Å². The van der Waals surface area contributed by atoms with Gasteiger partial charge in [0, 0.05) is 25.7 Å². The lowest BCUT2D eigenvalue weighted by molar-refractivity contribution is -0.129. The summed E-state index contributed by atoms with van der Waals surface area (Å²) in [6.07, 6.45) is 2.57. The minimum atomic E-state index is -0.0808. The SMILES string of the molecule is CC(C)C(C(=O)NN)N1CCN2CCCC2C1. The number of hydrogen-bond acceptors (Lipinski definition) is 4.